The molecule has 0 aliphatic heterocycles. The number of halogens is 2. The van der Waals surface area contributed by atoms with Crippen LogP contribution in [0.1, 0.15) is 0 Å². The highest BCUT2D eigenvalue weighted by molar-refractivity contribution is 9.10. The number of para-hydroxylation sites is 1. The van der Waals surface area contributed by atoms with Gasteiger partial charge in [0.25, 0.3) is 0 Å². The zero-order valence-corrected chi connectivity index (χ0v) is 10.4. The number of rotatable bonds is 1. The molecule has 3 rings (SSSR count). The summed E-state index contributed by atoms with van der Waals surface area (Å²) >= 11 is 3.41. The summed E-state index contributed by atoms with van der Waals surface area (Å²) in [6.45, 7) is 0. The first-order chi connectivity index (χ1) is 8.25. The van der Waals surface area contributed by atoms with Gasteiger partial charge in [-0.2, -0.15) is 0 Å². The van der Waals surface area contributed by atoms with E-state index in [1.807, 2.05) is 24.3 Å². The van der Waals surface area contributed by atoms with Crippen molar-refractivity contribution in [1.29, 1.82) is 0 Å². The molecule has 84 valence electrons. The van der Waals surface area contributed by atoms with Crippen LogP contribution in [0, 0.1) is 5.82 Å². The van der Waals surface area contributed by atoms with Crippen molar-refractivity contribution in [2.75, 3.05) is 0 Å². The minimum absolute atomic E-state index is 0.258. The maximum Gasteiger partial charge on any atom is 0.147 e. The van der Waals surface area contributed by atoms with Crippen LogP contribution in [0.2, 0.25) is 0 Å². The first kappa shape index (κ1) is 10.5. The van der Waals surface area contributed by atoms with Gasteiger partial charge in [0.05, 0.1) is 16.7 Å². The van der Waals surface area contributed by atoms with Crippen LogP contribution >= 0.6 is 15.9 Å². The molecule has 0 aliphatic carbocycles. The zero-order chi connectivity index (χ0) is 11.8. The Bertz CT molecular complexity index is 691. The molecule has 0 unspecified atom stereocenters. The molecule has 3 aromatic rings. The number of hydrogen-bond acceptors (Lipinski definition) is 1. The zero-order valence-electron chi connectivity index (χ0n) is 8.77. The monoisotopic (exact) mass is 290 g/mol. The Labute approximate surface area is 106 Å². The molecular weight excluding hydrogens is 283 g/mol. The number of imidazole rings is 1. The first-order valence-corrected chi connectivity index (χ1v) is 5.92. The lowest BCUT2D eigenvalue weighted by molar-refractivity contribution is 0.619. The highest BCUT2D eigenvalue weighted by atomic mass is 79.9. The summed E-state index contributed by atoms with van der Waals surface area (Å²) in [6.07, 6.45) is 1.63. The van der Waals surface area contributed by atoms with Crippen molar-refractivity contribution >= 4 is 27.0 Å². The highest BCUT2D eigenvalue weighted by Gasteiger charge is 2.08. The van der Waals surface area contributed by atoms with E-state index in [0.29, 0.717) is 5.69 Å². The van der Waals surface area contributed by atoms with Crippen molar-refractivity contribution in [3.8, 4) is 5.69 Å². The van der Waals surface area contributed by atoms with E-state index in [-0.39, 0.29) is 5.82 Å². The van der Waals surface area contributed by atoms with Crippen LogP contribution in [0.5, 0.6) is 0 Å². The van der Waals surface area contributed by atoms with Gasteiger partial charge in [-0.3, -0.25) is 4.57 Å². The van der Waals surface area contributed by atoms with Crippen molar-refractivity contribution in [3.63, 3.8) is 0 Å². The van der Waals surface area contributed by atoms with Crippen LogP contribution in [-0.2, 0) is 0 Å². The van der Waals surface area contributed by atoms with E-state index in [9.17, 15) is 4.39 Å². The molecule has 0 spiro atoms. The Morgan fingerprint density at radius 3 is 2.76 bits per heavy atom. The van der Waals surface area contributed by atoms with Gasteiger partial charge in [-0.05, 0) is 30.3 Å². The summed E-state index contributed by atoms with van der Waals surface area (Å²) in [6, 6.07) is 12.4. The van der Waals surface area contributed by atoms with Crippen LogP contribution in [0.15, 0.2) is 53.3 Å². The maximum absolute atomic E-state index is 13.7. The Kier molecular flexibility index (Phi) is 2.44. The van der Waals surface area contributed by atoms with Gasteiger partial charge in [-0.25, -0.2) is 9.37 Å². The van der Waals surface area contributed by atoms with E-state index in [1.54, 1.807) is 23.0 Å². The predicted octanol–water partition coefficient (Wildman–Crippen LogP) is 3.93. The van der Waals surface area contributed by atoms with Crippen LogP contribution in [-0.4, -0.2) is 9.55 Å². The molecular formula is C13H8BrFN2. The highest BCUT2D eigenvalue weighted by Crippen LogP contribution is 2.23. The van der Waals surface area contributed by atoms with Gasteiger partial charge < -0.3 is 0 Å². The van der Waals surface area contributed by atoms with E-state index in [0.717, 1.165) is 15.5 Å². The minimum Gasteiger partial charge on any atom is -0.296 e. The van der Waals surface area contributed by atoms with E-state index < -0.39 is 0 Å². The van der Waals surface area contributed by atoms with E-state index in [4.69, 9.17) is 0 Å². The number of aromatic nitrogens is 2. The lowest BCUT2D eigenvalue weighted by Gasteiger charge is -2.05. The molecule has 2 nitrogen and oxygen atoms in total. The average Bonchev–Trinajstić information content (AvgIpc) is 2.72. The lowest BCUT2D eigenvalue weighted by Crippen LogP contribution is -1.95. The molecule has 0 radical (unpaired) electrons. The normalized spacial score (nSPS) is 10.9. The quantitative estimate of drug-likeness (QED) is 0.664. The van der Waals surface area contributed by atoms with Gasteiger partial charge in [0.2, 0.25) is 0 Å². The summed E-state index contributed by atoms with van der Waals surface area (Å²) in [4.78, 5) is 4.25. The molecule has 0 N–H and O–H groups in total. The molecule has 0 saturated heterocycles. The summed E-state index contributed by atoms with van der Waals surface area (Å²) in [5, 5.41) is 0. The Balaban J connectivity index is 2.31. The van der Waals surface area contributed by atoms with Crippen LogP contribution < -0.4 is 0 Å². The molecule has 0 bridgehead atoms. The van der Waals surface area contributed by atoms with Crippen LogP contribution in [0.3, 0.4) is 0 Å². The fraction of sp³-hybridized carbons (Fsp3) is 0. The second kappa shape index (κ2) is 3.96. The average molecular weight is 291 g/mol. The Morgan fingerprint density at radius 2 is 1.94 bits per heavy atom. The Morgan fingerprint density at radius 1 is 1.12 bits per heavy atom. The van der Waals surface area contributed by atoms with Gasteiger partial charge in [-0.1, -0.05) is 28.1 Å². The molecule has 0 fully saturated rings. The SMILES string of the molecule is Fc1ccccc1-n1cnc2ccc(Br)cc21. The third-order valence-electron chi connectivity index (χ3n) is 2.62. The standard InChI is InChI=1S/C13H8BrFN2/c14-9-5-6-11-13(7-9)17(8-16-11)12-4-2-1-3-10(12)15/h1-8H. The molecule has 1 heterocycles. The molecule has 0 aliphatic rings. The molecule has 17 heavy (non-hydrogen) atoms. The van der Waals surface area contributed by atoms with Crippen molar-refractivity contribution in [1.82, 2.24) is 9.55 Å². The van der Waals surface area contributed by atoms with Gasteiger partial charge >= 0.3 is 0 Å². The second-order valence-electron chi connectivity index (χ2n) is 3.70. The van der Waals surface area contributed by atoms with Crippen LogP contribution in [0.4, 0.5) is 4.39 Å². The lowest BCUT2D eigenvalue weighted by atomic mass is 10.2. The molecule has 0 amide bonds. The van der Waals surface area contributed by atoms with Gasteiger partial charge in [0.15, 0.2) is 0 Å². The number of hydrogen-bond donors (Lipinski definition) is 0. The molecule has 0 saturated carbocycles. The van der Waals surface area contributed by atoms with Crippen LogP contribution in [0.25, 0.3) is 16.7 Å². The first-order valence-electron chi connectivity index (χ1n) is 5.13. The minimum atomic E-state index is -0.258. The number of benzene rings is 2. The summed E-state index contributed by atoms with van der Waals surface area (Å²) in [7, 11) is 0. The van der Waals surface area contributed by atoms with E-state index >= 15 is 0 Å². The van der Waals surface area contributed by atoms with Crippen molar-refractivity contribution in [3.05, 3.63) is 59.1 Å². The third kappa shape index (κ3) is 1.74. The predicted molar refractivity (Wildman–Crippen MR) is 68.7 cm³/mol. The largest absolute Gasteiger partial charge is 0.296 e. The van der Waals surface area contributed by atoms with Gasteiger partial charge in [0, 0.05) is 4.47 Å². The van der Waals surface area contributed by atoms with E-state index in [1.165, 1.54) is 6.07 Å². The topological polar surface area (TPSA) is 17.8 Å². The summed E-state index contributed by atoms with van der Waals surface area (Å²) < 4.78 is 16.4. The van der Waals surface area contributed by atoms with Crippen molar-refractivity contribution in [2.45, 2.75) is 0 Å². The molecule has 0 atom stereocenters. The second-order valence-corrected chi connectivity index (χ2v) is 4.61. The molecule has 1 aromatic heterocycles. The van der Waals surface area contributed by atoms with Gasteiger partial charge in [-0.15, -0.1) is 0 Å². The smallest absolute Gasteiger partial charge is 0.147 e. The van der Waals surface area contributed by atoms with Gasteiger partial charge in [0.1, 0.15) is 12.1 Å². The molecule has 4 heteroatoms. The fourth-order valence-corrected chi connectivity index (χ4v) is 2.17. The summed E-state index contributed by atoms with van der Waals surface area (Å²) in [5.74, 6) is -0.258. The fourth-order valence-electron chi connectivity index (χ4n) is 1.82. The Hall–Kier alpha value is -1.68. The van der Waals surface area contributed by atoms with E-state index in [2.05, 4.69) is 20.9 Å². The van der Waals surface area contributed by atoms with Crippen molar-refractivity contribution < 1.29 is 4.39 Å². The summed E-state index contributed by atoms with van der Waals surface area (Å²) in [5.41, 5.74) is 2.23. The third-order valence-corrected chi connectivity index (χ3v) is 3.11. The maximum atomic E-state index is 13.7. The molecule has 2 aromatic carbocycles. The number of fused-ring (bicyclic) bond motifs is 1. The van der Waals surface area contributed by atoms with Crippen molar-refractivity contribution in [2.24, 2.45) is 0 Å². The number of nitrogens with zero attached hydrogens (tertiary/aromatic N) is 2.